The molecule has 6 unspecified atom stereocenters. The molecular weight excluding hydrogens is 837 g/mol. The summed E-state index contributed by atoms with van der Waals surface area (Å²) in [5.41, 5.74) is 0. The van der Waals surface area contributed by atoms with Crippen LogP contribution in [0.3, 0.4) is 0 Å². The molecule has 1 aliphatic heterocycles. The minimum Gasteiger partial charge on any atom is -0.457 e. The Morgan fingerprint density at radius 2 is 0.984 bits per heavy atom. The van der Waals surface area contributed by atoms with Gasteiger partial charge in [-0.2, -0.15) is 8.42 Å². The molecule has 0 radical (unpaired) electrons. The molecule has 0 aromatic carbocycles. The second kappa shape index (κ2) is 43.1. The third kappa shape index (κ3) is 36.0. The van der Waals surface area contributed by atoms with Gasteiger partial charge in [-0.3, -0.25) is 9.35 Å². The number of ether oxygens (including phenoxy) is 4. The van der Waals surface area contributed by atoms with E-state index in [-0.39, 0.29) is 19.6 Å². The molecule has 1 heterocycles. The zero-order valence-electron chi connectivity index (χ0n) is 40.9. The van der Waals surface area contributed by atoms with Crippen molar-refractivity contribution in [3.63, 3.8) is 0 Å². The molecule has 6 atom stereocenters. The third-order valence-corrected chi connectivity index (χ3v) is 12.9. The molecule has 1 fully saturated rings. The van der Waals surface area contributed by atoms with Gasteiger partial charge < -0.3 is 34.3 Å². The number of hydrogen-bond acceptors (Lipinski definition) is 11. The van der Waals surface area contributed by atoms with Gasteiger partial charge in [-0.25, -0.2) is 4.18 Å². The van der Waals surface area contributed by atoms with E-state index in [9.17, 15) is 33.1 Å². The van der Waals surface area contributed by atoms with Gasteiger partial charge in [0.2, 0.25) is 0 Å². The highest BCUT2D eigenvalue weighted by Crippen LogP contribution is 2.26. The van der Waals surface area contributed by atoms with Crippen molar-refractivity contribution < 1.29 is 56.2 Å². The Morgan fingerprint density at radius 3 is 1.41 bits per heavy atom. The molecule has 0 aliphatic carbocycles. The molecule has 1 rings (SSSR count). The molecule has 0 amide bonds. The summed E-state index contributed by atoms with van der Waals surface area (Å²) < 4.78 is 59.2. The predicted molar refractivity (Wildman–Crippen MR) is 258 cm³/mol. The Bertz CT molecular complexity index is 1170. The Labute approximate surface area is 391 Å². The van der Waals surface area contributed by atoms with Crippen LogP contribution in [0.15, 0.2) is 12.2 Å². The highest BCUT2D eigenvalue weighted by molar-refractivity contribution is 7.80. The van der Waals surface area contributed by atoms with E-state index in [0.29, 0.717) is 13.0 Å². The minimum absolute atomic E-state index is 0.0419. The average Bonchev–Trinajstić information content (AvgIpc) is 3.27. The highest BCUT2D eigenvalue weighted by atomic mass is 32.3. The van der Waals surface area contributed by atoms with Crippen molar-refractivity contribution in [2.24, 2.45) is 0 Å². The summed E-state index contributed by atoms with van der Waals surface area (Å²) in [7, 11) is -5.06. The third-order valence-electron chi connectivity index (χ3n) is 12.4. The van der Waals surface area contributed by atoms with Crippen molar-refractivity contribution in [3.05, 3.63) is 12.2 Å². The van der Waals surface area contributed by atoms with Crippen LogP contribution in [-0.4, -0.2) is 97.5 Å². The maximum Gasteiger partial charge on any atom is 0.397 e. The number of carbonyl (C=O) groups is 1. The van der Waals surface area contributed by atoms with Gasteiger partial charge in [0.05, 0.1) is 19.8 Å². The maximum absolute atomic E-state index is 12.9. The van der Waals surface area contributed by atoms with Crippen LogP contribution in [0.4, 0.5) is 0 Å². The highest BCUT2D eigenvalue weighted by Gasteiger charge is 2.48. The van der Waals surface area contributed by atoms with E-state index in [2.05, 4.69) is 30.2 Å². The van der Waals surface area contributed by atoms with Gasteiger partial charge in [-0.05, 0) is 38.5 Å². The molecule has 12 nitrogen and oxygen atoms in total. The second-order valence-electron chi connectivity index (χ2n) is 18.5. The fraction of sp³-hybridized carbons (Fsp3) is 0.941. The molecule has 0 spiro atoms. The molecule has 0 aromatic heterocycles. The smallest absolute Gasteiger partial charge is 0.397 e. The van der Waals surface area contributed by atoms with Crippen molar-refractivity contribution in [1.29, 1.82) is 0 Å². The largest absolute Gasteiger partial charge is 0.457 e. The quantitative estimate of drug-likeness (QED) is 0.0197. The molecule has 0 saturated carbocycles. The van der Waals surface area contributed by atoms with Crippen LogP contribution < -0.4 is 0 Å². The maximum atomic E-state index is 12.9. The van der Waals surface area contributed by atoms with Crippen LogP contribution in [-0.2, 0) is 38.3 Å². The predicted octanol–water partition coefficient (Wildman–Crippen LogP) is 12.2. The van der Waals surface area contributed by atoms with Crippen molar-refractivity contribution in [3.8, 4) is 0 Å². The summed E-state index contributed by atoms with van der Waals surface area (Å²) in [5.74, 6) is -0.395. The SMILES string of the molecule is CCCCCCCCCC/C=C\CCCCCCCCCCCCCCOCC(COC1OC(CO)C(O)C(OS(=O)(=O)O)C1O)OC(=O)CCCCCCCCCCCCCCC. The molecule has 1 aliphatic rings. The van der Waals surface area contributed by atoms with E-state index in [0.717, 1.165) is 38.5 Å². The van der Waals surface area contributed by atoms with Gasteiger partial charge >= 0.3 is 16.4 Å². The summed E-state index contributed by atoms with van der Waals surface area (Å²) in [6.07, 6.45) is 39.7. The zero-order chi connectivity index (χ0) is 46.8. The van der Waals surface area contributed by atoms with Crippen LogP contribution in [0.25, 0.3) is 0 Å². The van der Waals surface area contributed by atoms with E-state index in [4.69, 9.17) is 18.9 Å². The standard InChI is InChI=1S/C51H98O12S/c1-3-5-7-9-11-13-15-17-18-19-20-21-22-23-24-25-26-27-29-31-33-35-37-39-41-59-43-45(44-60-51-49(55)50(63-64(56,57)58)48(54)46(42-52)62-51)61-47(53)40-38-36-34-32-30-28-16-14-12-10-8-6-4-2/h19-20,45-46,48-52,54-55H,3-18,21-44H2,1-2H3,(H,56,57,58)/b20-19-. The topological polar surface area (TPSA) is 178 Å². The van der Waals surface area contributed by atoms with E-state index < -0.39 is 59.8 Å². The summed E-state index contributed by atoms with van der Waals surface area (Å²) in [6, 6.07) is 0. The van der Waals surface area contributed by atoms with Crippen molar-refractivity contribution in [2.75, 3.05) is 26.4 Å². The minimum atomic E-state index is -5.06. The van der Waals surface area contributed by atoms with Crippen molar-refractivity contribution in [1.82, 2.24) is 0 Å². The molecule has 0 bridgehead atoms. The fourth-order valence-corrected chi connectivity index (χ4v) is 8.88. The number of esters is 1. The van der Waals surface area contributed by atoms with Gasteiger partial charge in [0.15, 0.2) is 6.29 Å². The lowest BCUT2D eigenvalue weighted by atomic mass is 9.99. The van der Waals surface area contributed by atoms with Crippen LogP contribution in [0, 0.1) is 0 Å². The number of allylic oxidation sites excluding steroid dienone is 2. The van der Waals surface area contributed by atoms with Gasteiger partial charge in [0.1, 0.15) is 30.5 Å². The first kappa shape index (κ1) is 60.9. The van der Waals surface area contributed by atoms with E-state index in [1.165, 1.54) is 180 Å². The number of rotatable bonds is 47. The zero-order valence-corrected chi connectivity index (χ0v) is 41.7. The van der Waals surface area contributed by atoms with E-state index in [1.807, 2.05) is 0 Å². The number of aliphatic hydroxyl groups is 3. The Hall–Kier alpha value is -1.16. The molecular formula is C51H98O12S. The van der Waals surface area contributed by atoms with Crippen LogP contribution >= 0.6 is 0 Å². The van der Waals surface area contributed by atoms with Gasteiger partial charge in [-0.1, -0.05) is 212 Å². The average molecular weight is 935 g/mol. The lowest BCUT2D eigenvalue weighted by Gasteiger charge is -2.41. The van der Waals surface area contributed by atoms with Crippen LogP contribution in [0.1, 0.15) is 245 Å². The Morgan fingerprint density at radius 1 is 0.578 bits per heavy atom. The molecule has 380 valence electrons. The van der Waals surface area contributed by atoms with Gasteiger partial charge in [0, 0.05) is 13.0 Å². The number of hydrogen-bond donors (Lipinski definition) is 4. The Balaban J connectivity index is 2.29. The molecule has 4 N–H and O–H groups in total. The number of carbonyl (C=O) groups excluding carboxylic acids is 1. The second-order valence-corrected chi connectivity index (χ2v) is 19.5. The lowest BCUT2D eigenvalue weighted by molar-refractivity contribution is -0.301. The van der Waals surface area contributed by atoms with Crippen LogP contribution in [0.2, 0.25) is 0 Å². The van der Waals surface area contributed by atoms with Crippen molar-refractivity contribution in [2.45, 2.75) is 282 Å². The molecule has 13 heteroatoms. The lowest BCUT2D eigenvalue weighted by Crippen LogP contribution is -2.60. The monoisotopic (exact) mass is 935 g/mol. The first-order chi connectivity index (χ1) is 31.1. The molecule has 1 saturated heterocycles. The fourth-order valence-electron chi connectivity index (χ4n) is 8.38. The van der Waals surface area contributed by atoms with Crippen molar-refractivity contribution >= 4 is 16.4 Å². The van der Waals surface area contributed by atoms with E-state index >= 15 is 0 Å². The number of aliphatic hydroxyl groups excluding tert-OH is 3. The summed E-state index contributed by atoms with van der Waals surface area (Å²) in [4.78, 5) is 12.9. The van der Waals surface area contributed by atoms with Gasteiger partial charge in [0.25, 0.3) is 0 Å². The van der Waals surface area contributed by atoms with Gasteiger partial charge in [-0.15, -0.1) is 0 Å². The first-order valence-electron chi connectivity index (χ1n) is 26.4. The molecule has 0 aromatic rings. The number of unbranched alkanes of at least 4 members (excludes halogenated alkanes) is 32. The summed E-state index contributed by atoms with van der Waals surface area (Å²) >= 11 is 0. The first-order valence-corrected chi connectivity index (χ1v) is 27.8. The summed E-state index contributed by atoms with van der Waals surface area (Å²) in [5, 5.41) is 30.7. The van der Waals surface area contributed by atoms with E-state index in [1.54, 1.807) is 0 Å². The summed E-state index contributed by atoms with van der Waals surface area (Å²) in [6.45, 7) is 4.03. The Kier molecular flexibility index (Phi) is 41.0. The normalized spacial score (nSPS) is 19.8. The molecule has 64 heavy (non-hydrogen) atoms. The van der Waals surface area contributed by atoms with Crippen LogP contribution in [0.5, 0.6) is 0 Å².